The summed E-state index contributed by atoms with van der Waals surface area (Å²) in [6.45, 7) is 1.97. The summed E-state index contributed by atoms with van der Waals surface area (Å²) in [5.74, 6) is -1.39. The summed E-state index contributed by atoms with van der Waals surface area (Å²) < 4.78 is 32.4. The fraction of sp³-hybridized carbons (Fsp3) is 0.614. The Labute approximate surface area is 336 Å². The van der Waals surface area contributed by atoms with Crippen LogP contribution in [0.15, 0.2) is 85.1 Å². The molecule has 0 aromatic carbocycles. The van der Waals surface area contributed by atoms with Gasteiger partial charge < -0.3 is 24.6 Å². The zero-order chi connectivity index (χ0) is 41.4. The van der Waals surface area contributed by atoms with Gasteiger partial charge in [0.05, 0.1) is 19.8 Å². The van der Waals surface area contributed by atoms with Gasteiger partial charge in [-0.25, -0.2) is 4.57 Å². The number of carbonyl (C=O) groups excluding carboxylic acids is 3. The second-order valence-electron chi connectivity index (χ2n) is 13.3. The van der Waals surface area contributed by atoms with Crippen LogP contribution in [0.3, 0.4) is 0 Å². The molecule has 0 fully saturated rings. The van der Waals surface area contributed by atoms with E-state index in [1.165, 1.54) is 44.6 Å². The lowest BCUT2D eigenvalue weighted by Crippen LogP contribution is -2.30. The predicted molar refractivity (Wildman–Crippen MR) is 224 cm³/mol. The number of allylic oxidation sites excluding steroid dienone is 14. The fourth-order valence-electron chi connectivity index (χ4n) is 4.77. The molecular formula is C44H71O11P. The fourth-order valence-corrected chi connectivity index (χ4v) is 5.56. The summed E-state index contributed by atoms with van der Waals surface area (Å²) in [7, 11) is -4.70. The lowest BCUT2D eigenvalue weighted by atomic mass is 10.1. The highest BCUT2D eigenvalue weighted by molar-refractivity contribution is 7.47. The minimum atomic E-state index is -4.70. The van der Waals surface area contributed by atoms with Crippen molar-refractivity contribution in [1.82, 2.24) is 0 Å². The van der Waals surface area contributed by atoms with Crippen LogP contribution in [0, 0.1) is 0 Å². The molecule has 1 unspecified atom stereocenters. The number of esters is 2. The maximum absolute atomic E-state index is 12.6. The van der Waals surface area contributed by atoms with Gasteiger partial charge >= 0.3 is 19.8 Å². The molecule has 3 atom stereocenters. The summed E-state index contributed by atoms with van der Waals surface area (Å²) in [4.78, 5) is 47.1. The molecule has 0 heterocycles. The van der Waals surface area contributed by atoms with Gasteiger partial charge in [-0.3, -0.25) is 23.4 Å². The highest BCUT2D eigenvalue weighted by atomic mass is 31.2. The maximum atomic E-state index is 12.6. The molecule has 56 heavy (non-hydrogen) atoms. The van der Waals surface area contributed by atoms with Crippen LogP contribution < -0.4 is 0 Å². The Morgan fingerprint density at radius 1 is 0.589 bits per heavy atom. The molecule has 0 spiro atoms. The number of carbonyl (C=O) groups is 3. The van der Waals surface area contributed by atoms with Crippen LogP contribution in [0.5, 0.6) is 0 Å². The number of aliphatic hydroxyl groups excluding tert-OH is 2. The maximum Gasteiger partial charge on any atom is 0.472 e. The van der Waals surface area contributed by atoms with Crippen molar-refractivity contribution in [3.8, 4) is 0 Å². The Morgan fingerprint density at radius 3 is 1.64 bits per heavy atom. The van der Waals surface area contributed by atoms with Crippen molar-refractivity contribution in [2.75, 3.05) is 26.4 Å². The number of hydrogen-bond acceptors (Lipinski definition) is 10. The van der Waals surface area contributed by atoms with Gasteiger partial charge in [-0.15, -0.1) is 0 Å². The van der Waals surface area contributed by atoms with Gasteiger partial charge in [-0.05, 0) is 83.1 Å². The third-order valence-corrected chi connectivity index (χ3v) is 8.95. The number of aliphatic hydroxyl groups is 2. The number of ether oxygens (including phenoxy) is 2. The van der Waals surface area contributed by atoms with E-state index in [-0.39, 0.29) is 31.5 Å². The number of phosphoric ester groups is 1. The van der Waals surface area contributed by atoms with E-state index < -0.39 is 58.4 Å². The Balaban J connectivity index is 4.63. The quantitative estimate of drug-likeness (QED) is 0.0137. The molecule has 0 saturated heterocycles. The van der Waals surface area contributed by atoms with Gasteiger partial charge in [-0.1, -0.05) is 119 Å². The van der Waals surface area contributed by atoms with E-state index in [1.54, 1.807) is 12.2 Å². The monoisotopic (exact) mass is 806 g/mol. The van der Waals surface area contributed by atoms with Crippen LogP contribution in [0.2, 0.25) is 0 Å². The van der Waals surface area contributed by atoms with Crippen molar-refractivity contribution in [3.63, 3.8) is 0 Å². The molecule has 0 aliphatic rings. The second-order valence-corrected chi connectivity index (χ2v) is 14.8. The van der Waals surface area contributed by atoms with Crippen LogP contribution in [0.4, 0.5) is 0 Å². The summed E-state index contributed by atoms with van der Waals surface area (Å²) in [6, 6.07) is 0. The third kappa shape index (κ3) is 37.7. The van der Waals surface area contributed by atoms with Crippen LogP contribution in [0.1, 0.15) is 136 Å². The van der Waals surface area contributed by atoms with E-state index in [0.29, 0.717) is 6.42 Å². The van der Waals surface area contributed by atoms with E-state index in [0.717, 1.165) is 51.4 Å². The largest absolute Gasteiger partial charge is 0.472 e. The first-order chi connectivity index (χ1) is 27.1. The van der Waals surface area contributed by atoms with Gasteiger partial charge in [0.15, 0.2) is 11.9 Å². The normalized spacial score (nSPS) is 14.7. The lowest BCUT2D eigenvalue weighted by Gasteiger charge is -2.20. The van der Waals surface area contributed by atoms with Crippen molar-refractivity contribution >= 4 is 25.5 Å². The van der Waals surface area contributed by atoms with Crippen LogP contribution in [-0.2, 0) is 37.5 Å². The number of ketones is 1. The van der Waals surface area contributed by atoms with Crippen molar-refractivity contribution in [1.29, 1.82) is 0 Å². The molecule has 0 saturated carbocycles. The first-order valence-electron chi connectivity index (χ1n) is 20.5. The SMILES string of the molecule is CCCCC/C=C\C/C=C\C/C=C\C=C\C(=O)CCCC(=O)O[C@H](COC(=O)CCCC/C=C\C/C=C\C/C=C\CCCCC)COP(=O)(O)OC[C@@H](O)CO. The molecule has 0 radical (unpaired) electrons. The Bertz CT molecular complexity index is 1270. The average molecular weight is 807 g/mol. The van der Waals surface area contributed by atoms with Gasteiger partial charge in [0.25, 0.3) is 0 Å². The van der Waals surface area contributed by atoms with Gasteiger partial charge in [0.1, 0.15) is 12.7 Å². The van der Waals surface area contributed by atoms with Crippen molar-refractivity contribution < 1.29 is 52.6 Å². The number of hydrogen-bond donors (Lipinski definition) is 3. The smallest absolute Gasteiger partial charge is 0.462 e. The van der Waals surface area contributed by atoms with Crippen LogP contribution in [-0.4, -0.2) is 71.5 Å². The zero-order valence-corrected chi connectivity index (χ0v) is 35.0. The zero-order valence-electron chi connectivity index (χ0n) is 34.1. The Kier molecular flexibility index (Phi) is 36.5. The van der Waals surface area contributed by atoms with Gasteiger partial charge in [0.2, 0.25) is 0 Å². The minimum Gasteiger partial charge on any atom is -0.462 e. The minimum absolute atomic E-state index is 0.107. The first kappa shape index (κ1) is 52.8. The van der Waals surface area contributed by atoms with E-state index in [2.05, 4.69) is 79.1 Å². The molecule has 0 bridgehead atoms. The molecule has 0 aliphatic carbocycles. The molecule has 0 aromatic rings. The Hall–Kier alpha value is -3.18. The standard InChI is InChI=1S/C44H71O11P/c1-3-5-7-9-11-13-15-17-18-20-22-24-26-28-30-34-43(48)52-38-42(39-54-56(50,51)53-37-41(47)36-45)55-44(49)35-31-33-40(46)32-29-27-25-23-21-19-16-14-12-10-8-6-4-2/h11-14,17-19,21-22,24-25,27,29,32,41-42,45,47H,3-10,15-16,20,23,26,28,30-31,33-39H2,1-2H3,(H,50,51)/b13-11-,14-12-,18-17-,21-19-,24-22-,27-25-,32-29+/t41-,42+/m0/s1. The van der Waals surface area contributed by atoms with Crippen molar-refractivity contribution in [3.05, 3.63) is 85.1 Å². The van der Waals surface area contributed by atoms with Crippen LogP contribution >= 0.6 is 7.82 Å². The van der Waals surface area contributed by atoms with Crippen LogP contribution in [0.25, 0.3) is 0 Å². The summed E-state index contributed by atoms with van der Waals surface area (Å²) in [6.07, 6.45) is 41.3. The summed E-state index contributed by atoms with van der Waals surface area (Å²) in [5.41, 5.74) is 0. The molecular weight excluding hydrogens is 735 g/mol. The van der Waals surface area contributed by atoms with Gasteiger partial charge in [-0.2, -0.15) is 0 Å². The first-order valence-corrected chi connectivity index (χ1v) is 22.0. The third-order valence-electron chi connectivity index (χ3n) is 8.00. The molecule has 11 nitrogen and oxygen atoms in total. The number of unbranched alkanes of at least 4 members (excludes halogenated alkanes) is 8. The molecule has 3 N–H and O–H groups in total. The topological polar surface area (TPSA) is 166 Å². The highest BCUT2D eigenvalue weighted by Gasteiger charge is 2.27. The van der Waals surface area contributed by atoms with Gasteiger partial charge in [0, 0.05) is 19.3 Å². The second kappa shape index (κ2) is 38.7. The van der Waals surface area contributed by atoms with Crippen molar-refractivity contribution in [2.24, 2.45) is 0 Å². The van der Waals surface area contributed by atoms with E-state index in [1.807, 2.05) is 6.08 Å². The summed E-state index contributed by atoms with van der Waals surface area (Å²) in [5, 5.41) is 18.3. The van der Waals surface area contributed by atoms with E-state index in [9.17, 15) is 28.9 Å². The van der Waals surface area contributed by atoms with E-state index >= 15 is 0 Å². The predicted octanol–water partition coefficient (Wildman–Crippen LogP) is 9.84. The number of phosphoric acid groups is 1. The molecule has 318 valence electrons. The molecule has 0 aliphatic heterocycles. The van der Waals surface area contributed by atoms with Crippen molar-refractivity contribution in [2.45, 2.75) is 148 Å². The Morgan fingerprint density at radius 2 is 1.09 bits per heavy atom. The molecule has 12 heteroatoms. The molecule has 0 amide bonds. The number of rotatable bonds is 37. The molecule has 0 rings (SSSR count). The van der Waals surface area contributed by atoms with E-state index in [4.69, 9.17) is 19.1 Å². The molecule has 0 aromatic heterocycles. The highest BCUT2D eigenvalue weighted by Crippen LogP contribution is 2.43. The average Bonchev–Trinajstić information content (AvgIpc) is 3.18. The lowest BCUT2D eigenvalue weighted by molar-refractivity contribution is -0.161. The summed E-state index contributed by atoms with van der Waals surface area (Å²) >= 11 is 0.